The molecule has 0 atom stereocenters. The number of thiazole rings is 1. The lowest BCUT2D eigenvalue weighted by atomic mass is 10.1. The number of nitrogens with zero attached hydrogens (tertiary/aromatic N) is 3. The van der Waals surface area contributed by atoms with Crippen molar-refractivity contribution in [2.45, 2.75) is 39.2 Å². The Morgan fingerprint density at radius 2 is 1.95 bits per heavy atom. The van der Waals surface area contributed by atoms with Crippen molar-refractivity contribution < 1.29 is 5.11 Å². The molecule has 0 aromatic carbocycles. The average molecular weight is 295 g/mol. The van der Waals surface area contributed by atoms with Gasteiger partial charge in [-0.2, -0.15) is 0 Å². The summed E-state index contributed by atoms with van der Waals surface area (Å²) in [6, 6.07) is 0. The maximum atomic E-state index is 9.47. The summed E-state index contributed by atoms with van der Waals surface area (Å²) in [6.07, 6.45) is 2.87. The molecule has 1 aromatic heterocycles. The molecule has 1 aliphatic heterocycles. The number of hydrogen-bond donors (Lipinski definition) is 1. The highest BCUT2D eigenvalue weighted by Crippen LogP contribution is 2.32. The predicted octanol–water partition coefficient (Wildman–Crippen LogP) is 2.29. The fraction of sp³-hybridized carbons (Fsp3) is 0.800. The normalized spacial score (nSPS) is 20.9. The third-order valence-electron chi connectivity index (χ3n) is 4.26. The smallest absolute Gasteiger partial charge is 0.185 e. The Labute approximate surface area is 125 Å². The molecule has 0 spiro atoms. The van der Waals surface area contributed by atoms with Crippen LogP contribution in [0.4, 0.5) is 5.13 Å². The Kier molecular flexibility index (Phi) is 4.29. The van der Waals surface area contributed by atoms with Crippen LogP contribution in [0.1, 0.15) is 43.2 Å². The largest absolute Gasteiger partial charge is 0.391 e. The third kappa shape index (κ3) is 3.15. The molecule has 2 fully saturated rings. The highest BCUT2D eigenvalue weighted by molar-refractivity contribution is 7.15. The summed E-state index contributed by atoms with van der Waals surface area (Å²) in [5.74, 6) is 1.37. The first-order valence-corrected chi connectivity index (χ1v) is 8.56. The molecule has 112 valence electrons. The summed E-state index contributed by atoms with van der Waals surface area (Å²) < 4.78 is 0. The first-order valence-electron chi connectivity index (χ1n) is 7.75. The van der Waals surface area contributed by atoms with E-state index in [9.17, 15) is 5.11 Å². The van der Waals surface area contributed by atoms with Crippen molar-refractivity contribution in [2.75, 3.05) is 37.6 Å². The number of piperazine rings is 1. The van der Waals surface area contributed by atoms with E-state index in [1.54, 1.807) is 11.3 Å². The zero-order chi connectivity index (χ0) is 14.1. The molecule has 2 aliphatic rings. The Balaban J connectivity index is 1.62. The van der Waals surface area contributed by atoms with Gasteiger partial charge in [-0.3, -0.25) is 4.90 Å². The van der Waals surface area contributed by atoms with Crippen LogP contribution in [0.15, 0.2) is 0 Å². The lowest BCUT2D eigenvalue weighted by Crippen LogP contribution is -2.47. The molecular weight excluding hydrogens is 270 g/mol. The Hall–Kier alpha value is -0.650. The summed E-state index contributed by atoms with van der Waals surface area (Å²) in [4.78, 5) is 10.8. The summed E-state index contributed by atoms with van der Waals surface area (Å²) >= 11 is 1.67. The van der Waals surface area contributed by atoms with Crippen molar-refractivity contribution in [3.8, 4) is 0 Å². The van der Waals surface area contributed by atoms with Gasteiger partial charge < -0.3 is 10.0 Å². The molecule has 3 rings (SSSR count). The van der Waals surface area contributed by atoms with Crippen LogP contribution >= 0.6 is 11.3 Å². The lowest BCUT2D eigenvalue weighted by Gasteiger charge is -2.34. The van der Waals surface area contributed by atoms with Crippen molar-refractivity contribution in [1.82, 2.24) is 9.88 Å². The Morgan fingerprint density at radius 3 is 2.45 bits per heavy atom. The van der Waals surface area contributed by atoms with Crippen molar-refractivity contribution in [3.63, 3.8) is 0 Å². The zero-order valence-electron chi connectivity index (χ0n) is 12.5. The van der Waals surface area contributed by atoms with E-state index in [1.807, 2.05) is 0 Å². The summed E-state index contributed by atoms with van der Waals surface area (Å²) in [6.45, 7) is 10.2. The third-order valence-corrected chi connectivity index (χ3v) is 5.38. The molecule has 1 N–H and O–H groups in total. The van der Waals surface area contributed by atoms with Gasteiger partial charge in [-0.15, -0.1) is 0 Å². The van der Waals surface area contributed by atoms with Gasteiger partial charge >= 0.3 is 0 Å². The second-order valence-corrected chi connectivity index (χ2v) is 7.41. The van der Waals surface area contributed by atoms with E-state index in [-0.39, 0.29) is 6.61 Å². The second-order valence-electron chi connectivity index (χ2n) is 6.35. The number of aromatic nitrogens is 1. The molecule has 5 heteroatoms. The summed E-state index contributed by atoms with van der Waals surface area (Å²) in [7, 11) is 0. The van der Waals surface area contributed by atoms with Crippen LogP contribution in [0.5, 0.6) is 0 Å². The van der Waals surface area contributed by atoms with Gasteiger partial charge in [-0.1, -0.05) is 25.2 Å². The second kappa shape index (κ2) is 6.00. The van der Waals surface area contributed by atoms with Gasteiger partial charge in [-0.25, -0.2) is 4.98 Å². The van der Waals surface area contributed by atoms with Gasteiger partial charge in [0.25, 0.3) is 0 Å². The predicted molar refractivity (Wildman–Crippen MR) is 83.5 cm³/mol. The minimum Gasteiger partial charge on any atom is -0.391 e. The van der Waals surface area contributed by atoms with Crippen LogP contribution in [-0.2, 0) is 6.61 Å². The molecule has 0 radical (unpaired) electrons. The van der Waals surface area contributed by atoms with Crippen LogP contribution in [0.3, 0.4) is 0 Å². The molecule has 4 nitrogen and oxygen atoms in total. The van der Waals surface area contributed by atoms with E-state index in [0.29, 0.717) is 5.92 Å². The maximum Gasteiger partial charge on any atom is 0.185 e. The molecule has 2 heterocycles. The van der Waals surface area contributed by atoms with Gasteiger partial charge in [0.05, 0.1) is 17.2 Å². The SMILES string of the molecule is CC(C)c1nc(N2CCN(CC3CC3)CC2)sc1CO. The topological polar surface area (TPSA) is 39.6 Å². The maximum absolute atomic E-state index is 9.47. The van der Waals surface area contributed by atoms with Crippen molar-refractivity contribution in [3.05, 3.63) is 10.6 Å². The molecule has 1 aliphatic carbocycles. The van der Waals surface area contributed by atoms with E-state index in [1.165, 1.54) is 19.4 Å². The summed E-state index contributed by atoms with van der Waals surface area (Å²) in [5.41, 5.74) is 1.08. The standard InChI is InChI=1S/C15H25N3OS/c1-11(2)14-13(10-19)20-15(16-14)18-7-5-17(6-8-18)9-12-3-4-12/h11-12,19H,3-10H2,1-2H3. The monoisotopic (exact) mass is 295 g/mol. The summed E-state index contributed by atoms with van der Waals surface area (Å²) in [5, 5.41) is 10.6. The number of anilines is 1. The zero-order valence-corrected chi connectivity index (χ0v) is 13.3. The van der Waals surface area contributed by atoms with Gasteiger partial charge in [0, 0.05) is 32.7 Å². The van der Waals surface area contributed by atoms with E-state index in [2.05, 4.69) is 23.6 Å². The quantitative estimate of drug-likeness (QED) is 0.905. The molecule has 1 saturated heterocycles. The van der Waals surface area contributed by atoms with Crippen molar-refractivity contribution in [1.29, 1.82) is 0 Å². The molecule has 20 heavy (non-hydrogen) atoms. The highest BCUT2D eigenvalue weighted by atomic mass is 32.1. The first-order chi connectivity index (χ1) is 9.67. The number of rotatable bonds is 5. The fourth-order valence-electron chi connectivity index (χ4n) is 2.84. The molecular formula is C15H25N3OS. The molecule has 0 bridgehead atoms. The van der Waals surface area contributed by atoms with Crippen molar-refractivity contribution >= 4 is 16.5 Å². The minimum absolute atomic E-state index is 0.118. The van der Waals surface area contributed by atoms with E-state index in [0.717, 1.165) is 47.8 Å². The molecule has 0 amide bonds. The average Bonchev–Trinajstić information content (AvgIpc) is 3.15. The Bertz CT molecular complexity index is 448. The minimum atomic E-state index is 0.118. The van der Waals surface area contributed by atoms with Crippen LogP contribution in [0.2, 0.25) is 0 Å². The van der Waals surface area contributed by atoms with Gasteiger partial charge in [-0.05, 0) is 24.7 Å². The fourth-order valence-corrected chi connectivity index (χ4v) is 3.96. The Morgan fingerprint density at radius 1 is 1.25 bits per heavy atom. The molecule has 1 aromatic rings. The lowest BCUT2D eigenvalue weighted by molar-refractivity contribution is 0.248. The highest BCUT2D eigenvalue weighted by Gasteiger charge is 2.27. The van der Waals surface area contributed by atoms with Gasteiger partial charge in [0.1, 0.15) is 0 Å². The molecule has 1 saturated carbocycles. The number of aliphatic hydroxyl groups is 1. The van der Waals surface area contributed by atoms with E-state index in [4.69, 9.17) is 4.98 Å². The first kappa shape index (κ1) is 14.3. The molecule has 0 unspecified atom stereocenters. The van der Waals surface area contributed by atoms with Gasteiger partial charge in [0.15, 0.2) is 5.13 Å². The van der Waals surface area contributed by atoms with Crippen LogP contribution in [-0.4, -0.2) is 47.7 Å². The van der Waals surface area contributed by atoms with Crippen LogP contribution < -0.4 is 4.90 Å². The number of hydrogen-bond acceptors (Lipinski definition) is 5. The van der Waals surface area contributed by atoms with Crippen LogP contribution in [0.25, 0.3) is 0 Å². The van der Waals surface area contributed by atoms with Crippen LogP contribution in [0, 0.1) is 5.92 Å². The van der Waals surface area contributed by atoms with E-state index < -0.39 is 0 Å². The van der Waals surface area contributed by atoms with E-state index >= 15 is 0 Å². The van der Waals surface area contributed by atoms with Crippen molar-refractivity contribution in [2.24, 2.45) is 5.92 Å². The number of aliphatic hydroxyl groups excluding tert-OH is 1. The van der Waals surface area contributed by atoms with Gasteiger partial charge in [0.2, 0.25) is 0 Å².